The van der Waals surface area contributed by atoms with Crippen LogP contribution in [-0.4, -0.2) is 16.6 Å². The first-order chi connectivity index (χ1) is 15.1. The number of fused-ring (bicyclic) bond motifs is 1. The Morgan fingerprint density at radius 2 is 1.81 bits per heavy atom. The molecule has 0 aliphatic heterocycles. The first-order valence-electron chi connectivity index (χ1n) is 10.4. The average Bonchev–Trinajstić information content (AvgIpc) is 3.17. The third-order valence-corrected chi connectivity index (χ3v) is 5.29. The molecule has 0 aliphatic rings. The van der Waals surface area contributed by atoms with Gasteiger partial charge >= 0.3 is 0 Å². The minimum Gasteiger partial charge on any atom is -0.490 e. The summed E-state index contributed by atoms with van der Waals surface area (Å²) in [5, 5.41) is 4.04. The van der Waals surface area contributed by atoms with Crippen molar-refractivity contribution >= 4 is 22.6 Å². The summed E-state index contributed by atoms with van der Waals surface area (Å²) in [7, 11) is 0. The van der Waals surface area contributed by atoms with Crippen molar-refractivity contribution in [3.05, 3.63) is 88.2 Å². The number of aromatic amines is 1. The number of nitrogens with zero attached hydrogens (tertiary/aromatic N) is 1. The third-order valence-electron chi connectivity index (χ3n) is 4.94. The van der Waals surface area contributed by atoms with Crippen LogP contribution in [0.2, 0.25) is 5.02 Å². The number of benzene rings is 3. The van der Waals surface area contributed by atoms with E-state index in [9.17, 15) is 0 Å². The fourth-order valence-corrected chi connectivity index (χ4v) is 3.68. The lowest BCUT2D eigenvalue weighted by Gasteiger charge is -2.15. The zero-order valence-electron chi connectivity index (χ0n) is 17.7. The van der Waals surface area contributed by atoms with Crippen molar-refractivity contribution in [2.24, 2.45) is 0 Å². The molecule has 0 saturated carbocycles. The normalized spacial score (nSPS) is 11.1. The molecule has 0 unspecified atom stereocenters. The maximum absolute atomic E-state index is 6.56. The molecule has 4 aromatic rings. The Kier molecular flexibility index (Phi) is 6.75. The molecule has 5 nitrogen and oxygen atoms in total. The molecule has 3 aromatic carbocycles. The summed E-state index contributed by atoms with van der Waals surface area (Å²) in [4.78, 5) is 7.91. The van der Waals surface area contributed by atoms with E-state index in [1.54, 1.807) is 0 Å². The van der Waals surface area contributed by atoms with Crippen LogP contribution in [0.1, 0.15) is 29.4 Å². The van der Waals surface area contributed by atoms with Gasteiger partial charge in [-0.05, 0) is 43.2 Å². The van der Waals surface area contributed by atoms with Crippen LogP contribution in [-0.2, 0) is 19.7 Å². The van der Waals surface area contributed by atoms with Gasteiger partial charge in [-0.1, -0.05) is 53.6 Å². The minimum absolute atomic E-state index is 0.460. The van der Waals surface area contributed by atoms with Gasteiger partial charge in [0.25, 0.3) is 0 Å². The number of ether oxygens (including phenoxy) is 2. The average molecular weight is 436 g/mol. The number of halogens is 1. The summed E-state index contributed by atoms with van der Waals surface area (Å²) >= 11 is 6.56. The van der Waals surface area contributed by atoms with E-state index >= 15 is 0 Å². The van der Waals surface area contributed by atoms with E-state index in [-0.39, 0.29) is 0 Å². The number of nitrogens with one attached hydrogen (secondary N) is 2. The van der Waals surface area contributed by atoms with Gasteiger partial charge in [0.2, 0.25) is 0 Å². The van der Waals surface area contributed by atoms with Crippen molar-refractivity contribution < 1.29 is 9.47 Å². The van der Waals surface area contributed by atoms with Crippen molar-refractivity contribution in [1.29, 1.82) is 0 Å². The molecule has 1 aromatic heterocycles. The molecule has 2 N–H and O–H groups in total. The molecule has 0 bridgehead atoms. The molecule has 1 heterocycles. The van der Waals surface area contributed by atoms with E-state index in [1.165, 1.54) is 5.56 Å². The van der Waals surface area contributed by atoms with E-state index in [0.29, 0.717) is 42.8 Å². The number of hydrogen-bond donors (Lipinski definition) is 2. The lowest BCUT2D eigenvalue weighted by atomic mass is 10.1. The van der Waals surface area contributed by atoms with Crippen molar-refractivity contribution in [3.63, 3.8) is 0 Å². The predicted octanol–water partition coefficient (Wildman–Crippen LogP) is 5.79. The maximum Gasteiger partial charge on any atom is 0.163 e. The zero-order valence-corrected chi connectivity index (χ0v) is 18.5. The summed E-state index contributed by atoms with van der Waals surface area (Å²) in [6.45, 7) is 6.24. The predicted molar refractivity (Wildman–Crippen MR) is 125 cm³/mol. The Morgan fingerprint density at radius 3 is 2.61 bits per heavy atom. The van der Waals surface area contributed by atoms with Crippen LogP contribution in [0.4, 0.5) is 0 Å². The second-order valence-corrected chi connectivity index (χ2v) is 7.81. The highest BCUT2D eigenvalue weighted by Crippen LogP contribution is 2.34. The second-order valence-electron chi connectivity index (χ2n) is 7.41. The Labute approximate surface area is 187 Å². The first-order valence-corrected chi connectivity index (χ1v) is 10.8. The molecule has 4 rings (SSSR count). The topological polar surface area (TPSA) is 59.2 Å². The Bertz CT molecular complexity index is 1140. The van der Waals surface area contributed by atoms with Crippen LogP contribution in [0.5, 0.6) is 11.5 Å². The fourth-order valence-electron chi connectivity index (χ4n) is 3.46. The monoisotopic (exact) mass is 435 g/mol. The Morgan fingerprint density at radius 1 is 0.968 bits per heavy atom. The summed E-state index contributed by atoms with van der Waals surface area (Å²) < 4.78 is 11.8. The largest absolute Gasteiger partial charge is 0.490 e. The molecule has 0 radical (unpaired) electrons. The Hall–Kier alpha value is -3.02. The molecule has 0 aliphatic carbocycles. The van der Waals surface area contributed by atoms with E-state index in [0.717, 1.165) is 28.0 Å². The molecule has 0 amide bonds. The molecular formula is C25H26ClN3O2. The molecule has 0 fully saturated rings. The summed E-state index contributed by atoms with van der Waals surface area (Å²) in [6, 6.07) is 20.0. The fraction of sp³-hybridized carbons (Fsp3) is 0.240. The van der Waals surface area contributed by atoms with Crippen LogP contribution < -0.4 is 14.8 Å². The van der Waals surface area contributed by atoms with E-state index in [1.807, 2.05) is 55.5 Å². The lowest BCUT2D eigenvalue weighted by Crippen LogP contribution is -2.14. The molecule has 31 heavy (non-hydrogen) atoms. The summed E-state index contributed by atoms with van der Waals surface area (Å²) in [5.41, 5.74) is 5.26. The number of imidazole rings is 1. The van der Waals surface area contributed by atoms with Crippen LogP contribution in [0, 0.1) is 6.92 Å². The quantitative estimate of drug-likeness (QED) is 0.349. The molecular weight excluding hydrogens is 410 g/mol. The highest BCUT2D eigenvalue weighted by Gasteiger charge is 2.12. The first kappa shape index (κ1) is 21.2. The third kappa shape index (κ3) is 5.37. The highest BCUT2D eigenvalue weighted by molar-refractivity contribution is 6.31. The molecule has 0 saturated heterocycles. The van der Waals surface area contributed by atoms with Gasteiger partial charge in [0.1, 0.15) is 12.4 Å². The smallest absolute Gasteiger partial charge is 0.163 e. The Balaban J connectivity index is 1.43. The standard InChI is InChI=1S/C25H26ClN3O2/c1-3-30-23-12-19(14-27-15-25-28-21-9-4-5-10-22(21)29-25)20(26)13-24(23)31-16-18-8-6-7-17(2)11-18/h4-13,27H,3,14-16H2,1-2H3,(H,28,29). The molecule has 6 heteroatoms. The van der Waals surface area contributed by atoms with Crippen LogP contribution in [0.3, 0.4) is 0 Å². The van der Waals surface area contributed by atoms with Gasteiger partial charge in [-0.3, -0.25) is 0 Å². The minimum atomic E-state index is 0.460. The number of aromatic nitrogens is 2. The van der Waals surface area contributed by atoms with Gasteiger partial charge < -0.3 is 19.8 Å². The molecule has 0 spiro atoms. The van der Waals surface area contributed by atoms with Crippen LogP contribution >= 0.6 is 11.6 Å². The van der Waals surface area contributed by atoms with Gasteiger partial charge in [0, 0.05) is 17.6 Å². The lowest BCUT2D eigenvalue weighted by molar-refractivity contribution is 0.269. The van der Waals surface area contributed by atoms with E-state index in [4.69, 9.17) is 21.1 Å². The van der Waals surface area contributed by atoms with Crippen LogP contribution in [0.15, 0.2) is 60.7 Å². The number of aryl methyl sites for hydroxylation is 1. The SMILES string of the molecule is CCOc1cc(CNCc2nc3ccccc3[nH]2)c(Cl)cc1OCc1cccc(C)c1. The highest BCUT2D eigenvalue weighted by atomic mass is 35.5. The van der Waals surface area contributed by atoms with Gasteiger partial charge in [-0.15, -0.1) is 0 Å². The summed E-state index contributed by atoms with van der Waals surface area (Å²) in [5.74, 6) is 2.23. The zero-order chi connectivity index (χ0) is 21.6. The van der Waals surface area contributed by atoms with Gasteiger partial charge in [0.05, 0.1) is 24.2 Å². The maximum atomic E-state index is 6.56. The van der Waals surface area contributed by atoms with Gasteiger partial charge in [-0.2, -0.15) is 0 Å². The molecule has 0 atom stereocenters. The van der Waals surface area contributed by atoms with E-state index < -0.39 is 0 Å². The van der Waals surface area contributed by atoms with Gasteiger partial charge in [0.15, 0.2) is 11.5 Å². The second kappa shape index (κ2) is 9.86. The number of H-pyrrole nitrogens is 1. The van der Waals surface area contributed by atoms with Crippen molar-refractivity contribution in [3.8, 4) is 11.5 Å². The number of rotatable bonds is 9. The summed E-state index contributed by atoms with van der Waals surface area (Å²) in [6.07, 6.45) is 0. The number of hydrogen-bond acceptors (Lipinski definition) is 4. The van der Waals surface area contributed by atoms with Crippen molar-refractivity contribution in [2.75, 3.05) is 6.61 Å². The number of para-hydroxylation sites is 2. The van der Waals surface area contributed by atoms with Crippen LogP contribution in [0.25, 0.3) is 11.0 Å². The van der Waals surface area contributed by atoms with E-state index in [2.05, 4.69) is 34.3 Å². The van der Waals surface area contributed by atoms with Gasteiger partial charge in [-0.25, -0.2) is 4.98 Å². The van der Waals surface area contributed by atoms with Crippen molar-refractivity contribution in [1.82, 2.24) is 15.3 Å². The molecule has 160 valence electrons. The van der Waals surface area contributed by atoms with Crippen molar-refractivity contribution in [2.45, 2.75) is 33.5 Å².